The molecule has 2 aliphatic rings. The zero-order valence-electron chi connectivity index (χ0n) is 9.28. The lowest BCUT2D eigenvalue weighted by Gasteiger charge is -2.46. The average Bonchev–Trinajstić information content (AvgIpc) is 2.79. The lowest BCUT2D eigenvalue weighted by atomic mass is 9.71. The number of carbonyl (C=O) groups is 1. The number of hydrogen-bond acceptors (Lipinski definition) is 3. The molecular formula is C13H16O2S. The normalized spacial score (nSPS) is 27.6. The average molecular weight is 236 g/mol. The first-order chi connectivity index (χ1) is 7.79. The van der Waals surface area contributed by atoms with E-state index in [9.17, 15) is 4.79 Å². The monoisotopic (exact) mass is 236 g/mol. The maximum Gasteiger partial charge on any atom is 0.176 e. The summed E-state index contributed by atoms with van der Waals surface area (Å²) in [5.74, 6) is 0.539. The van der Waals surface area contributed by atoms with Crippen molar-refractivity contribution in [3.63, 3.8) is 0 Å². The van der Waals surface area contributed by atoms with Gasteiger partial charge in [-0.2, -0.15) is 0 Å². The number of thiophene rings is 1. The van der Waals surface area contributed by atoms with Gasteiger partial charge in [0.1, 0.15) is 0 Å². The van der Waals surface area contributed by atoms with Gasteiger partial charge in [0.15, 0.2) is 5.78 Å². The molecule has 0 N–H and O–H groups in total. The zero-order chi connectivity index (χ0) is 11.0. The molecule has 2 nitrogen and oxygen atoms in total. The van der Waals surface area contributed by atoms with Gasteiger partial charge in [-0.05, 0) is 43.6 Å². The maximum absolute atomic E-state index is 12.2. The van der Waals surface area contributed by atoms with Crippen LogP contribution in [0.4, 0.5) is 0 Å². The molecule has 1 aliphatic heterocycles. The van der Waals surface area contributed by atoms with Gasteiger partial charge in [-0.15, -0.1) is 11.3 Å². The minimum atomic E-state index is 0.0792. The highest BCUT2D eigenvalue weighted by atomic mass is 32.1. The zero-order valence-corrected chi connectivity index (χ0v) is 10.1. The molecule has 2 fully saturated rings. The van der Waals surface area contributed by atoms with Gasteiger partial charge >= 0.3 is 0 Å². The molecule has 3 heteroatoms. The summed E-state index contributed by atoms with van der Waals surface area (Å²) in [4.78, 5) is 13.2. The van der Waals surface area contributed by atoms with Crippen LogP contribution in [0.5, 0.6) is 0 Å². The fourth-order valence-corrected chi connectivity index (χ4v) is 3.53. The molecule has 0 amide bonds. The topological polar surface area (TPSA) is 26.3 Å². The van der Waals surface area contributed by atoms with Crippen molar-refractivity contribution in [2.24, 2.45) is 5.92 Å². The summed E-state index contributed by atoms with van der Waals surface area (Å²) >= 11 is 1.56. The molecule has 1 aromatic heterocycles. The lowest BCUT2D eigenvalue weighted by Crippen LogP contribution is -2.46. The summed E-state index contributed by atoms with van der Waals surface area (Å²) in [6.07, 6.45) is 5.42. The highest BCUT2D eigenvalue weighted by Gasteiger charge is 2.44. The molecule has 1 saturated heterocycles. The summed E-state index contributed by atoms with van der Waals surface area (Å²) in [5, 5.41) is 1.98. The van der Waals surface area contributed by atoms with E-state index in [1.807, 2.05) is 17.5 Å². The van der Waals surface area contributed by atoms with Crippen LogP contribution in [0.25, 0.3) is 0 Å². The van der Waals surface area contributed by atoms with E-state index >= 15 is 0 Å². The highest BCUT2D eigenvalue weighted by Crippen LogP contribution is 2.45. The third-order valence-electron chi connectivity index (χ3n) is 3.89. The smallest absolute Gasteiger partial charge is 0.176 e. The first-order valence-corrected chi connectivity index (χ1v) is 6.89. The number of ketones is 1. The summed E-state index contributed by atoms with van der Waals surface area (Å²) < 4.78 is 5.85. The van der Waals surface area contributed by atoms with Gasteiger partial charge in [0.05, 0.1) is 10.5 Å². The second kappa shape index (κ2) is 3.97. The van der Waals surface area contributed by atoms with Crippen molar-refractivity contribution in [3.8, 4) is 0 Å². The van der Waals surface area contributed by atoms with Crippen LogP contribution in [0.15, 0.2) is 17.5 Å². The maximum atomic E-state index is 12.2. The van der Waals surface area contributed by atoms with E-state index in [1.54, 1.807) is 11.3 Å². The van der Waals surface area contributed by atoms with Crippen LogP contribution >= 0.6 is 11.3 Å². The Balaban J connectivity index is 1.73. The Morgan fingerprint density at radius 1 is 1.50 bits per heavy atom. The van der Waals surface area contributed by atoms with Gasteiger partial charge in [0.25, 0.3) is 0 Å². The van der Waals surface area contributed by atoms with Crippen molar-refractivity contribution >= 4 is 17.1 Å². The molecule has 1 unspecified atom stereocenters. The SMILES string of the molecule is O=C(c1cccs1)C1CCOC2(CCC2)C1. The Morgan fingerprint density at radius 3 is 3.00 bits per heavy atom. The van der Waals surface area contributed by atoms with Crippen molar-refractivity contribution in [1.82, 2.24) is 0 Å². The number of ether oxygens (including phenoxy) is 1. The van der Waals surface area contributed by atoms with Crippen LogP contribution in [-0.4, -0.2) is 18.0 Å². The molecule has 1 saturated carbocycles. The number of Topliss-reactive ketones (excluding diaryl/α,β-unsaturated/α-hetero) is 1. The van der Waals surface area contributed by atoms with E-state index in [2.05, 4.69) is 0 Å². The Labute approximate surface area is 99.6 Å². The summed E-state index contributed by atoms with van der Waals surface area (Å²) in [5.41, 5.74) is 0.0792. The standard InChI is InChI=1S/C13H16O2S/c14-12(11-3-1-8-16-11)10-4-7-15-13(9-10)5-2-6-13/h1,3,8,10H,2,4-7,9H2. The number of hydrogen-bond donors (Lipinski definition) is 0. The second-order valence-electron chi connectivity index (χ2n) is 4.92. The van der Waals surface area contributed by atoms with Crippen LogP contribution < -0.4 is 0 Å². The van der Waals surface area contributed by atoms with Crippen molar-refractivity contribution in [2.75, 3.05) is 6.61 Å². The third kappa shape index (κ3) is 1.72. The Hall–Kier alpha value is -0.670. The van der Waals surface area contributed by atoms with Crippen LogP contribution in [0.1, 0.15) is 41.8 Å². The first kappa shape index (κ1) is 10.5. The lowest BCUT2D eigenvalue weighted by molar-refractivity contribution is -0.137. The largest absolute Gasteiger partial charge is 0.375 e. The van der Waals surface area contributed by atoms with Gasteiger partial charge in [-0.1, -0.05) is 6.07 Å². The summed E-state index contributed by atoms with van der Waals surface area (Å²) in [7, 11) is 0. The molecule has 2 heterocycles. The first-order valence-electron chi connectivity index (χ1n) is 6.01. The van der Waals surface area contributed by atoms with Crippen LogP contribution in [0.3, 0.4) is 0 Å². The Morgan fingerprint density at radius 2 is 2.38 bits per heavy atom. The molecule has 1 aliphatic carbocycles. The van der Waals surface area contributed by atoms with E-state index in [0.717, 1.165) is 37.2 Å². The highest BCUT2D eigenvalue weighted by molar-refractivity contribution is 7.12. The van der Waals surface area contributed by atoms with Crippen molar-refractivity contribution in [1.29, 1.82) is 0 Å². The molecular weight excluding hydrogens is 220 g/mol. The molecule has 0 aromatic carbocycles. The van der Waals surface area contributed by atoms with Crippen molar-refractivity contribution in [2.45, 2.75) is 37.7 Å². The summed E-state index contributed by atoms with van der Waals surface area (Å²) in [6.45, 7) is 0.766. The molecule has 0 radical (unpaired) electrons. The number of carbonyl (C=O) groups excluding carboxylic acids is 1. The van der Waals surface area contributed by atoms with E-state index in [-0.39, 0.29) is 11.5 Å². The van der Waals surface area contributed by atoms with Gasteiger partial charge < -0.3 is 4.74 Å². The van der Waals surface area contributed by atoms with E-state index in [1.165, 1.54) is 6.42 Å². The summed E-state index contributed by atoms with van der Waals surface area (Å²) in [6, 6.07) is 3.90. The predicted octanol–water partition coefficient (Wildman–Crippen LogP) is 3.28. The van der Waals surface area contributed by atoms with Gasteiger partial charge in [-0.25, -0.2) is 0 Å². The minimum absolute atomic E-state index is 0.0792. The number of rotatable bonds is 2. The van der Waals surface area contributed by atoms with Crippen molar-refractivity contribution < 1.29 is 9.53 Å². The van der Waals surface area contributed by atoms with E-state index in [0.29, 0.717) is 5.78 Å². The van der Waals surface area contributed by atoms with Crippen LogP contribution in [0, 0.1) is 5.92 Å². The third-order valence-corrected chi connectivity index (χ3v) is 4.78. The molecule has 86 valence electrons. The second-order valence-corrected chi connectivity index (χ2v) is 5.86. The van der Waals surface area contributed by atoms with Gasteiger partial charge in [-0.3, -0.25) is 4.79 Å². The van der Waals surface area contributed by atoms with Gasteiger partial charge in [0.2, 0.25) is 0 Å². The fraction of sp³-hybridized carbons (Fsp3) is 0.615. The molecule has 1 aromatic rings. The molecule has 1 atom stereocenters. The molecule has 16 heavy (non-hydrogen) atoms. The molecule has 3 rings (SSSR count). The molecule has 0 bridgehead atoms. The van der Waals surface area contributed by atoms with Gasteiger partial charge in [0, 0.05) is 12.5 Å². The predicted molar refractivity (Wildman–Crippen MR) is 63.9 cm³/mol. The Bertz CT molecular complexity index is 379. The minimum Gasteiger partial charge on any atom is -0.375 e. The van der Waals surface area contributed by atoms with Crippen molar-refractivity contribution in [3.05, 3.63) is 22.4 Å². The van der Waals surface area contributed by atoms with Crippen LogP contribution in [0.2, 0.25) is 0 Å². The van der Waals surface area contributed by atoms with Crippen LogP contribution in [-0.2, 0) is 4.74 Å². The molecule has 1 spiro atoms. The Kier molecular flexibility index (Phi) is 2.60. The fourth-order valence-electron chi connectivity index (χ4n) is 2.79. The van der Waals surface area contributed by atoms with E-state index < -0.39 is 0 Å². The van der Waals surface area contributed by atoms with E-state index in [4.69, 9.17) is 4.74 Å². The quantitative estimate of drug-likeness (QED) is 0.737.